The Balaban J connectivity index is 1.83. The second kappa shape index (κ2) is 5.09. The summed E-state index contributed by atoms with van der Waals surface area (Å²) in [6.07, 6.45) is 3.68. The van der Waals surface area contributed by atoms with Gasteiger partial charge in [0.05, 0.1) is 6.54 Å². The first-order valence-electron chi connectivity index (χ1n) is 6.47. The standard InChI is InChI=1S/C15H15N3OS/c1-2-8-18-14(19)12(16-15(18)20)10-17-9-7-11-5-3-4-6-13(11)17/h2-7,9,12H,1,8,10H2,(H,16,20). The van der Waals surface area contributed by atoms with Crippen molar-refractivity contribution in [1.82, 2.24) is 14.8 Å². The van der Waals surface area contributed by atoms with Gasteiger partial charge < -0.3 is 9.88 Å². The number of nitrogens with zero attached hydrogens (tertiary/aromatic N) is 2. The van der Waals surface area contributed by atoms with E-state index >= 15 is 0 Å². The molecule has 1 N–H and O–H groups in total. The molecule has 1 amide bonds. The van der Waals surface area contributed by atoms with Crippen LogP contribution in [-0.4, -0.2) is 33.1 Å². The largest absolute Gasteiger partial charge is 0.349 e. The van der Waals surface area contributed by atoms with Gasteiger partial charge in [-0.3, -0.25) is 9.69 Å². The van der Waals surface area contributed by atoms with E-state index in [-0.39, 0.29) is 11.9 Å². The van der Waals surface area contributed by atoms with E-state index in [1.807, 2.05) is 18.3 Å². The maximum Gasteiger partial charge on any atom is 0.253 e. The smallest absolute Gasteiger partial charge is 0.253 e. The van der Waals surface area contributed by atoms with Crippen LogP contribution in [0, 0.1) is 0 Å². The molecule has 1 unspecified atom stereocenters. The van der Waals surface area contributed by atoms with Crippen LogP contribution in [0.4, 0.5) is 0 Å². The van der Waals surface area contributed by atoms with Crippen LogP contribution in [0.2, 0.25) is 0 Å². The van der Waals surface area contributed by atoms with Crippen LogP contribution in [-0.2, 0) is 11.3 Å². The highest BCUT2D eigenvalue weighted by molar-refractivity contribution is 7.80. The quantitative estimate of drug-likeness (QED) is 0.689. The van der Waals surface area contributed by atoms with Gasteiger partial charge in [-0.15, -0.1) is 6.58 Å². The molecule has 0 spiro atoms. The lowest BCUT2D eigenvalue weighted by Gasteiger charge is -2.12. The lowest BCUT2D eigenvalue weighted by Crippen LogP contribution is -2.34. The van der Waals surface area contributed by atoms with Gasteiger partial charge in [-0.2, -0.15) is 0 Å². The van der Waals surface area contributed by atoms with Crippen molar-refractivity contribution in [2.24, 2.45) is 0 Å². The number of nitrogens with one attached hydrogen (secondary N) is 1. The third-order valence-electron chi connectivity index (χ3n) is 3.48. The summed E-state index contributed by atoms with van der Waals surface area (Å²) in [4.78, 5) is 13.8. The summed E-state index contributed by atoms with van der Waals surface area (Å²) in [5.74, 6) is 0.00711. The number of aromatic nitrogens is 1. The van der Waals surface area contributed by atoms with Crippen molar-refractivity contribution in [3.05, 3.63) is 49.2 Å². The van der Waals surface area contributed by atoms with Crippen LogP contribution in [0.5, 0.6) is 0 Å². The first kappa shape index (κ1) is 12.9. The third-order valence-corrected chi connectivity index (χ3v) is 3.82. The number of rotatable bonds is 4. The molecular weight excluding hydrogens is 270 g/mol. The van der Waals surface area contributed by atoms with Crippen LogP contribution < -0.4 is 5.32 Å². The molecular formula is C15H15N3OS. The molecule has 1 atom stereocenters. The summed E-state index contributed by atoms with van der Waals surface area (Å²) in [6, 6.07) is 9.86. The van der Waals surface area contributed by atoms with Crippen molar-refractivity contribution in [3.8, 4) is 0 Å². The Morgan fingerprint density at radius 2 is 2.15 bits per heavy atom. The topological polar surface area (TPSA) is 37.3 Å². The molecule has 20 heavy (non-hydrogen) atoms. The zero-order chi connectivity index (χ0) is 14.1. The van der Waals surface area contributed by atoms with Crippen LogP contribution in [0.3, 0.4) is 0 Å². The van der Waals surface area contributed by atoms with E-state index in [4.69, 9.17) is 12.2 Å². The molecule has 102 valence electrons. The van der Waals surface area contributed by atoms with Crippen molar-refractivity contribution in [2.75, 3.05) is 6.54 Å². The summed E-state index contributed by atoms with van der Waals surface area (Å²) >= 11 is 5.19. The number of carbonyl (C=O) groups is 1. The summed E-state index contributed by atoms with van der Waals surface area (Å²) in [7, 11) is 0. The average Bonchev–Trinajstić information content (AvgIpc) is 2.97. The number of amides is 1. The lowest BCUT2D eigenvalue weighted by molar-refractivity contribution is -0.127. The van der Waals surface area contributed by atoms with Gasteiger partial charge in [0, 0.05) is 18.3 Å². The molecule has 2 heterocycles. The third kappa shape index (κ3) is 2.10. The molecule has 0 bridgehead atoms. The normalized spacial score (nSPS) is 18.6. The number of thiocarbonyl (C=S) groups is 1. The highest BCUT2D eigenvalue weighted by Gasteiger charge is 2.34. The van der Waals surface area contributed by atoms with Crippen molar-refractivity contribution < 1.29 is 4.79 Å². The van der Waals surface area contributed by atoms with Crippen molar-refractivity contribution >= 4 is 34.1 Å². The highest BCUT2D eigenvalue weighted by Crippen LogP contribution is 2.17. The number of para-hydroxylation sites is 1. The second-order valence-corrected chi connectivity index (χ2v) is 5.15. The van der Waals surface area contributed by atoms with Crippen LogP contribution in [0.25, 0.3) is 10.9 Å². The zero-order valence-corrected chi connectivity index (χ0v) is 11.8. The molecule has 0 radical (unpaired) electrons. The molecule has 4 nitrogen and oxygen atoms in total. The van der Waals surface area contributed by atoms with Crippen LogP contribution in [0.1, 0.15) is 0 Å². The zero-order valence-electron chi connectivity index (χ0n) is 11.0. The first-order chi connectivity index (χ1) is 9.70. The van der Waals surface area contributed by atoms with E-state index in [0.29, 0.717) is 18.2 Å². The van der Waals surface area contributed by atoms with Gasteiger partial charge in [-0.25, -0.2) is 0 Å². The van der Waals surface area contributed by atoms with Gasteiger partial charge in [0.15, 0.2) is 5.11 Å². The summed E-state index contributed by atoms with van der Waals surface area (Å²) in [6.45, 7) is 4.67. The molecule has 2 aromatic rings. The molecule has 1 fully saturated rings. The summed E-state index contributed by atoms with van der Waals surface area (Å²) < 4.78 is 2.07. The Hall–Kier alpha value is -2.14. The van der Waals surface area contributed by atoms with Gasteiger partial charge in [0.25, 0.3) is 5.91 Å². The monoisotopic (exact) mass is 285 g/mol. The van der Waals surface area contributed by atoms with E-state index in [1.54, 1.807) is 11.0 Å². The second-order valence-electron chi connectivity index (χ2n) is 4.77. The van der Waals surface area contributed by atoms with Crippen molar-refractivity contribution in [2.45, 2.75) is 12.6 Å². The molecule has 1 aromatic heterocycles. The molecule has 1 aliphatic heterocycles. The maximum atomic E-state index is 12.3. The van der Waals surface area contributed by atoms with Gasteiger partial charge in [0.2, 0.25) is 0 Å². The number of carbonyl (C=O) groups excluding carboxylic acids is 1. The highest BCUT2D eigenvalue weighted by atomic mass is 32.1. The number of fused-ring (bicyclic) bond motifs is 1. The van der Waals surface area contributed by atoms with E-state index in [2.05, 4.69) is 34.7 Å². The molecule has 3 rings (SSSR count). The fourth-order valence-electron chi connectivity index (χ4n) is 2.50. The Morgan fingerprint density at radius 1 is 1.35 bits per heavy atom. The van der Waals surface area contributed by atoms with Gasteiger partial charge in [0.1, 0.15) is 6.04 Å². The minimum absolute atomic E-state index is 0.00711. The first-order valence-corrected chi connectivity index (χ1v) is 6.88. The molecule has 0 saturated carbocycles. The molecule has 1 aromatic carbocycles. The summed E-state index contributed by atoms with van der Waals surface area (Å²) in [5.41, 5.74) is 1.12. The van der Waals surface area contributed by atoms with E-state index in [0.717, 1.165) is 5.52 Å². The van der Waals surface area contributed by atoms with E-state index in [1.165, 1.54) is 5.39 Å². The summed E-state index contributed by atoms with van der Waals surface area (Å²) in [5, 5.41) is 4.73. The number of hydrogen-bond donors (Lipinski definition) is 1. The Morgan fingerprint density at radius 3 is 2.95 bits per heavy atom. The SMILES string of the molecule is C=CCN1C(=O)C(Cn2ccc3ccccc32)NC1=S. The Bertz CT molecular complexity index is 691. The Kier molecular flexibility index (Phi) is 3.28. The minimum atomic E-state index is -0.307. The average molecular weight is 285 g/mol. The van der Waals surface area contributed by atoms with Crippen molar-refractivity contribution in [1.29, 1.82) is 0 Å². The van der Waals surface area contributed by atoms with Crippen molar-refractivity contribution in [3.63, 3.8) is 0 Å². The van der Waals surface area contributed by atoms with Gasteiger partial charge >= 0.3 is 0 Å². The van der Waals surface area contributed by atoms with E-state index in [9.17, 15) is 4.79 Å². The predicted molar refractivity (Wildman–Crippen MR) is 83.4 cm³/mol. The van der Waals surface area contributed by atoms with Gasteiger partial charge in [-0.05, 0) is 29.7 Å². The fourth-order valence-corrected chi connectivity index (χ4v) is 2.81. The predicted octanol–water partition coefficient (Wildman–Crippen LogP) is 1.91. The molecule has 1 aliphatic rings. The molecule has 0 aliphatic carbocycles. The maximum absolute atomic E-state index is 12.3. The molecule has 1 saturated heterocycles. The van der Waals surface area contributed by atoms with Crippen LogP contribution in [0.15, 0.2) is 49.2 Å². The van der Waals surface area contributed by atoms with Crippen LogP contribution >= 0.6 is 12.2 Å². The van der Waals surface area contributed by atoms with E-state index < -0.39 is 0 Å². The fraction of sp³-hybridized carbons (Fsp3) is 0.200. The Labute approximate surface area is 122 Å². The lowest BCUT2D eigenvalue weighted by atomic mass is 10.2. The van der Waals surface area contributed by atoms with Gasteiger partial charge in [-0.1, -0.05) is 24.3 Å². The molecule has 5 heteroatoms. The minimum Gasteiger partial charge on any atom is -0.349 e. The number of benzene rings is 1. The number of hydrogen-bond acceptors (Lipinski definition) is 2.